The van der Waals surface area contributed by atoms with Crippen LogP contribution in [-0.4, -0.2) is 18.3 Å². The van der Waals surface area contributed by atoms with Crippen LogP contribution in [0.15, 0.2) is 12.1 Å². The molecule has 0 aliphatic heterocycles. The Balaban J connectivity index is 3.31. The highest BCUT2D eigenvalue weighted by Gasteiger charge is 2.19. The molecule has 0 aliphatic carbocycles. The molecule has 126 valence electrons. The molecule has 1 aromatic carbocycles. The van der Waals surface area contributed by atoms with Crippen LogP contribution in [0.5, 0.6) is 17.2 Å². The zero-order valence-electron chi connectivity index (χ0n) is 15.4. The molecule has 1 rings (SSSR count). The zero-order chi connectivity index (χ0) is 16.9. The summed E-state index contributed by atoms with van der Waals surface area (Å²) in [7, 11) is 0. The van der Waals surface area contributed by atoms with E-state index in [1.165, 1.54) is 5.56 Å². The molecule has 0 aromatic heterocycles. The fourth-order valence-corrected chi connectivity index (χ4v) is 2.26. The third-order valence-electron chi connectivity index (χ3n) is 2.80. The van der Waals surface area contributed by atoms with Gasteiger partial charge in [-0.15, -0.1) is 0 Å². The number of benzene rings is 1. The molecule has 3 heteroatoms. The van der Waals surface area contributed by atoms with E-state index in [2.05, 4.69) is 26.0 Å². The Morgan fingerprint density at radius 3 is 1.41 bits per heavy atom. The Labute approximate surface area is 136 Å². The van der Waals surface area contributed by atoms with E-state index in [0.29, 0.717) is 11.7 Å². The molecular formula is C19H32O3. The maximum absolute atomic E-state index is 5.99. The first-order valence-corrected chi connectivity index (χ1v) is 8.35. The molecule has 3 nitrogen and oxygen atoms in total. The molecule has 0 saturated heterocycles. The second kappa shape index (κ2) is 8.30. The van der Waals surface area contributed by atoms with Crippen molar-refractivity contribution in [3.63, 3.8) is 0 Å². The lowest BCUT2D eigenvalue weighted by Gasteiger charge is -2.22. The standard InChI is InChI=1S/C19H32O3/c1-12(2)9-16-10-17(20-13(3)4)19(22-15(7)8)18(11-16)21-14(5)6/h10-15H,9H2,1-8H3. The molecule has 0 spiro atoms. The van der Waals surface area contributed by atoms with E-state index in [0.717, 1.165) is 17.9 Å². The molecule has 0 unspecified atom stereocenters. The van der Waals surface area contributed by atoms with Crippen molar-refractivity contribution >= 4 is 0 Å². The number of hydrogen-bond donors (Lipinski definition) is 0. The van der Waals surface area contributed by atoms with Crippen molar-refractivity contribution in [2.45, 2.75) is 80.1 Å². The highest BCUT2D eigenvalue weighted by molar-refractivity contribution is 5.54. The SMILES string of the molecule is CC(C)Cc1cc(OC(C)C)c(OC(C)C)c(OC(C)C)c1. The minimum absolute atomic E-state index is 0.0694. The number of hydrogen-bond acceptors (Lipinski definition) is 3. The Morgan fingerprint density at radius 2 is 1.09 bits per heavy atom. The summed E-state index contributed by atoms with van der Waals surface area (Å²) < 4.78 is 18.0. The lowest BCUT2D eigenvalue weighted by Crippen LogP contribution is -2.14. The minimum Gasteiger partial charge on any atom is -0.487 e. The zero-order valence-corrected chi connectivity index (χ0v) is 15.4. The van der Waals surface area contributed by atoms with E-state index in [1.54, 1.807) is 0 Å². The van der Waals surface area contributed by atoms with Gasteiger partial charge in [-0.3, -0.25) is 0 Å². The van der Waals surface area contributed by atoms with Crippen molar-refractivity contribution in [1.82, 2.24) is 0 Å². The molecule has 0 aliphatic rings. The summed E-state index contributed by atoms with van der Waals surface area (Å²) >= 11 is 0. The average Bonchev–Trinajstić information content (AvgIpc) is 2.30. The molecular weight excluding hydrogens is 276 g/mol. The average molecular weight is 308 g/mol. The molecule has 0 saturated carbocycles. The van der Waals surface area contributed by atoms with Crippen LogP contribution in [0.2, 0.25) is 0 Å². The monoisotopic (exact) mass is 308 g/mol. The summed E-state index contributed by atoms with van der Waals surface area (Å²) in [5.41, 5.74) is 1.22. The maximum atomic E-state index is 5.99. The second-order valence-electron chi connectivity index (χ2n) is 7.02. The Morgan fingerprint density at radius 1 is 0.682 bits per heavy atom. The lowest BCUT2D eigenvalue weighted by molar-refractivity contribution is 0.176. The number of rotatable bonds is 8. The molecule has 22 heavy (non-hydrogen) atoms. The molecule has 0 N–H and O–H groups in total. The van der Waals surface area contributed by atoms with Crippen LogP contribution < -0.4 is 14.2 Å². The van der Waals surface area contributed by atoms with E-state index < -0.39 is 0 Å². The van der Waals surface area contributed by atoms with Crippen LogP contribution in [-0.2, 0) is 6.42 Å². The van der Waals surface area contributed by atoms with Crippen molar-refractivity contribution in [2.75, 3.05) is 0 Å². The summed E-state index contributed by atoms with van der Waals surface area (Å²) in [5.74, 6) is 2.84. The van der Waals surface area contributed by atoms with E-state index >= 15 is 0 Å². The predicted molar refractivity (Wildman–Crippen MR) is 92.3 cm³/mol. The van der Waals surface area contributed by atoms with Crippen molar-refractivity contribution < 1.29 is 14.2 Å². The minimum atomic E-state index is 0.0694. The topological polar surface area (TPSA) is 27.7 Å². The summed E-state index contributed by atoms with van der Waals surface area (Å²) in [6.45, 7) is 16.6. The van der Waals surface area contributed by atoms with Crippen LogP contribution in [0.25, 0.3) is 0 Å². The summed E-state index contributed by atoms with van der Waals surface area (Å²) in [5, 5.41) is 0. The van der Waals surface area contributed by atoms with Crippen molar-refractivity contribution in [1.29, 1.82) is 0 Å². The van der Waals surface area contributed by atoms with Crippen LogP contribution in [0.1, 0.15) is 61.0 Å². The summed E-state index contributed by atoms with van der Waals surface area (Å²) in [6.07, 6.45) is 1.25. The highest BCUT2D eigenvalue weighted by Crippen LogP contribution is 2.41. The van der Waals surface area contributed by atoms with Gasteiger partial charge < -0.3 is 14.2 Å². The fourth-order valence-electron chi connectivity index (χ4n) is 2.26. The van der Waals surface area contributed by atoms with E-state index in [1.807, 2.05) is 41.5 Å². The van der Waals surface area contributed by atoms with Gasteiger partial charge in [0.2, 0.25) is 5.75 Å². The van der Waals surface area contributed by atoms with Gasteiger partial charge in [-0.1, -0.05) is 13.8 Å². The fraction of sp³-hybridized carbons (Fsp3) is 0.684. The van der Waals surface area contributed by atoms with Crippen LogP contribution in [0, 0.1) is 5.92 Å². The molecule has 0 fully saturated rings. The van der Waals surface area contributed by atoms with E-state index in [-0.39, 0.29) is 18.3 Å². The van der Waals surface area contributed by atoms with Crippen LogP contribution in [0.3, 0.4) is 0 Å². The summed E-state index contributed by atoms with van der Waals surface area (Å²) in [6, 6.07) is 4.18. The molecule has 0 amide bonds. The Hall–Kier alpha value is -1.38. The molecule has 0 heterocycles. The molecule has 1 aromatic rings. The number of ether oxygens (including phenoxy) is 3. The maximum Gasteiger partial charge on any atom is 0.203 e. The van der Waals surface area contributed by atoms with Gasteiger partial charge in [0.25, 0.3) is 0 Å². The highest BCUT2D eigenvalue weighted by atomic mass is 16.6. The van der Waals surface area contributed by atoms with Gasteiger partial charge >= 0.3 is 0 Å². The predicted octanol–water partition coefficient (Wildman–Crippen LogP) is 5.25. The van der Waals surface area contributed by atoms with Gasteiger partial charge in [0, 0.05) is 0 Å². The van der Waals surface area contributed by atoms with Gasteiger partial charge in [-0.05, 0) is 71.6 Å². The third kappa shape index (κ3) is 6.17. The van der Waals surface area contributed by atoms with Gasteiger partial charge in [-0.25, -0.2) is 0 Å². The first-order valence-electron chi connectivity index (χ1n) is 8.35. The van der Waals surface area contributed by atoms with E-state index in [4.69, 9.17) is 14.2 Å². The van der Waals surface area contributed by atoms with Crippen molar-refractivity contribution in [3.05, 3.63) is 17.7 Å². The molecule has 0 radical (unpaired) electrons. The van der Waals surface area contributed by atoms with Crippen LogP contribution in [0.4, 0.5) is 0 Å². The second-order valence-corrected chi connectivity index (χ2v) is 7.02. The smallest absolute Gasteiger partial charge is 0.203 e. The Bertz CT molecular complexity index is 431. The summed E-state index contributed by atoms with van der Waals surface area (Å²) in [4.78, 5) is 0. The normalized spacial score (nSPS) is 11.6. The van der Waals surface area contributed by atoms with Crippen molar-refractivity contribution in [2.24, 2.45) is 5.92 Å². The van der Waals surface area contributed by atoms with Gasteiger partial charge in [0.15, 0.2) is 11.5 Å². The Kier molecular flexibility index (Phi) is 7.05. The van der Waals surface area contributed by atoms with Gasteiger partial charge in [0.1, 0.15) is 0 Å². The third-order valence-corrected chi connectivity index (χ3v) is 2.80. The first kappa shape index (κ1) is 18.7. The van der Waals surface area contributed by atoms with Crippen molar-refractivity contribution in [3.8, 4) is 17.2 Å². The quantitative estimate of drug-likeness (QED) is 0.656. The van der Waals surface area contributed by atoms with Gasteiger partial charge in [-0.2, -0.15) is 0 Å². The lowest BCUT2D eigenvalue weighted by atomic mass is 10.0. The largest absolute Gasteiger partial charge is 0.487 e. The van der Waals surface area contributed by atoms with E-state index in [9.17, 15) is 0 Å². The van der Waals surface area contributed by atoms with Gasteiger partial charge in [0.05, 0.1) is 18.3 Å². The molecule has 0 bridgehead atoms. The first-order chi connectivity index (χ1) is 10.2. The molecule has 0 atom stereocenters. The van der Waals surface area contributed by atoms with Crippen LogP contribution >= 0.6 is 0 Å².